The van der Waals surface area contributed by atoms with Crippen LogP contribution >= 0.6 is 11.8 Å². The quantitative estimate of drug-likeness (QED) is 0.405. The molecule has 2 N–H and O–H groups in total. The fraction of sp³-hybridized carbons (Fsp3) is 0.160. The molecule has 1 atom stereocenters. The minimum absolute atomic E-state index is 0.169. The Kier molecular flexibility index (Phi) is 7.26. The molecule has 152 valence electrons. The summed E-state index contributed by atoms with van der Waals surface area (Å²) in [7, 11) is 1.53. The normalized spacial score (nSPS) is 12.0. The SMILES string of the molecule is CNC(C(=O)O)C(=C=O)CSC(c1ccccc1)(c1ccccc1)c1ccccc1. The number of rotatable bonds is 9. The van der Waals surface area contributed by atoms with Crippen LogP contribution in [0.4, 0.5) is 0 Å². The van der Waals surface area contributed by atoms with Gasteiger partial charge in [0, 0.05) is 5.75 Å². The molecule has 0 amide bonds. The van der Waals surface area contributed by atoms with E-state index >= 15 is 0 Å². The van der Waals surface area contributed by atoms with Crippen LogP contribution in [0.3, 0.4) is 0 Å². The Morgan fingerprint density at radius 3 is 1.60 bits per heavy atom. The molecule has 0 aromatic heterocycles. The molecule has 4 nitrogen and oxygen atoms in total. The van der Waals surface area contributed by atoms with E-state index in [4.69, 9.17) is 0 Å². The molecule has 0 spiro atoms. The topological polar surface area (TPSA) is 66.4 Å². The predicted molar refractivity (Wildman–Crippen MR) is 121 cm³/mol. The average Bonchev–Trinajstić information content (AvgIpc) is 2.80. The van der Waals surface area contributed by atoms with Crippen molar-refractivity contribution in [1.82, 2.24) is 5.32 Å². The summed E-state index contributed by atoms with van der Waals surface area (Å²) < 4.78 is -0.622. The van der Waals surface area contributed by atoms with Gasteiger partial charge in [0.1, 0.15) is 12.0 Å². The van der Waals surface area contributed by atoms with Gasteiger partial charge in [-0.15, -0.1) is 11.8 Å². The van der Waals surface area contributed by atoms with Gasteiger partial charge in [-0.25, -0.2) is 4.79 Å². The van der Waals surface area contributed by atoms with Crippen LogP contribution in [0, 0.1) is 0 Å². The zero-order valence-electron chi connectivity index (χ0n) is 16.6. The number of carbonyl (C=O) groups is 1. The number of carboxylic acids is 1. The molecule has 0 saturated heterocycles. The Balaban J connectivity index is 2.17. The number of benzene rings is 3. The minimum atomic E-state index is -1.10. The van der Waals surface area contributed by atoms with Crippen molar-refractivity contribution >= 4 is 23.7 Å². The molecular formula is C25H23NO3S. The van der Waals surface area contributed by atoms with Crippen molar-refractivity contribution in [1.29, 1.82) is 0 Å². The number of thioether (sulfide) groups is 1. The first-order valence-corrected chi connectivity index (χ1v) is 10.6. The zero-order valence-corrected chi connectivity index (χ0v) is 17.4. The lowest BCUT2D eigenvalue weighted by Gasteiger charge is -2.35. The summed E-state index contributed by atoms with van der Waals surface area (Å²) >= 11 is 1.52. The van der Waals surface area contributed by atoms with Crippen molar-refractivity contribution in [3.63, 3.8) is 0 Å². The highest BCUT2D eigenvalue weighted by atomic mass is 32.2. The molecule has 0 aliphatic heterocycles. The second-order valence-corrected chi connectivity index (χ2v) is 7.94. The van der Waals surface area contributed by atoms with Crippen LogP contribution in [0.2, 0.25) is 0 Å². The molecule has 0 heterocycles. The first-order chi connectivity index (χ1) is 14.6. The van der Waals surface area contributed by atoms with Gasteiger partial charge in [-0.3, -0.25) is 4.79 Å². The molecule has 1 unspecified atom stereocenters. The number of carboxylic acid groups (broad SMARTS) is 1. The molecule has 3 aromatic rings. The van der Waals surface area contributed by atoms with Gasteiger partial charge in [0.15, 0.2) is 0 Å². The van der Waals surface area contributed by atoms with Gasteiger partial charge in [0.2, 0.25) is 0 Å². The fourth-order valence-corrected chi connectivity index (χ4v) is 5.08. The Hall–Kier alpha value is -3.11. The number of aliphatic carboxylic acids is 1. The summed E-state index contributed by atoms with van der Waals surface area (Å²) in [6, 6.07) is 29.1. The van der Waals surface area contributed by atoms with Gasteiger partial charge in [0.25, 0.3) is 0 Å². The largest absolute Gasteiger partial charge is 0.480 e. The van der Waals surface area contributed by atoms with Gasteiger partial charge >= 0.3 is 5.97 Å². The van der Waals surface area contributed by atoms with Gasteiger partial charge in [0.05, 0.1) is 10.3 Å². The van der Waals surface area contributed by atoms with Crippen LogP contribution < -0.4 is 5.32 Å². The van der Waals surface area contributed by atoms with Crippen molar-refractivity contribution in [2.45, 2.75) is 10.8 Å². The smallest absolute Gasteiger partial charge is 0.325 e. The fourth-order valence-electron chi connectivity index (χ4n) is 3.57. The van der Waals surface area contributed by atoms with E-state index in [-0.39, 0.29) is 11.3 Å². The molecule has 0 radical (unpaired) electrons. The first-order valence-electron chi connectivity index (χ1n) is 9.58. The van der Waals surface area contributed by atoms with Crippen LogP contribution in [0.25, 0.3) is 0 Å². The van der Waals surface area contributed by atoms with Crippen molar-refractivity contribution in [2.75, 3.05) is 12.8 Å². The molecule has 3 rings (SSSR count). The van der Waals surface area contributed by atoms with E-state index in [0.717, 1.165) is 16.7 Å². The number of hydrogen-bond donors (Lipinski definition) is 2. The van der Waals surface area contributed by atoms with Gasteiger partial charge in [-0.2, -0.15) is 0 Å². The third kappa shape index (κ3) is 4.39. The van der Waals surface area contributed by atoms with Crippen molar-refractivity contribution < 1.29 is 14.7 Å². The summed E-state index contributed by atoms with van der Waals surface area (Å²) in [5, 5.41) is 12.2. The van der Waals surface area contributed by atoms with Crippen LogP contribution in [0.1, 0.15) is 16.7 Å². The molecule has 0 fully saturated rings. The number of hydrogen-bond acceptors (Lipinski definition) is 4. The van der Waals surface area contributed by atoms with E-state index in [1.807, 2.05) is 60.5 Å². The van der Waals surface area contributed by atoms with Gasteiger partial charge in [-0.1, -0.05) is 91.0 Å². The third-order valence-electron chi connectivity index (χ3n) is 5.00. The summed E-state index contributed by atoms with van der Waals surface area (Å²) in [6.45, 7) is 0. The molecule has 0 bridgehead atoms. The highest BCUT2D eigenvalue weighted by molar-refractivity contribution is 8.00. The van der Waals surface area contributed by atoms with E-state index in [0.29, 0.717) is 0 Å². The lowest BCUT2D eigenvalue weighted by atomic mass is 9.84. The van der Waals surface area contributed by atoms with E-state index in [9.17, 15) is 14.7 Å². The Morgan fingerprint density at radius 1 is 0.900 bits per heavy atom. The van der Waals surface area contributed by atoms with E-state index in [1.54, 1.807) is 0 Å². The molecule has 3 aromatic carbocycles. The summed E-state index contributed by atoms with van der Waals surface area (Å²) in [4.78, 5) is 23.3. The zero-order chi connectivity index (χ0) is 21.4. The lowest BCUT2D eigenvalue weighted by Crippen LogP contribution is -2.37. The number of carbonyl (C=O) groups excluding carboxylic acids is 1. The summed E-state index contributed by atoms with van der Waals surface area (Å²) in [6.07, 6.45) is 0. The Labute approximate surface area is 180 Å². The molecular weight excluding hydrogens is 394 g/mol. The van der Waals surface area contributed by atoms with E-state index < -0.39 is 16.8 Å². The lowest BCUT2D eigenvalue weighted by molar-refractivity contribution is -0.138. The van der Waals surface area contributed by atoms with Gasteiger partial charge < -0.3 is 10.4 Å². The van der Waals surface area contributed by atoms with Crippen molar-refractivity contribution in [2.24, 2.45) is 0 Å². The number of likely N-dealkylation sites (N-methyl/N-ethyl adjacent to an activating group) is 1. The maximum absolute atomic E-state index is 11.7. The summed E-state index contributed by atoms with van der Waals surface area (Å²) in [5.74, 6) is 0.976. The first kappa shape index (κ1) is 21.6. The maximum Gasteiger partial charge on any atom is 0.325 e. The van der Waals surface area contributed by atoms with Crippen molar-refractivity contribution in [3.8, 4) is 0 Å². The van der Waals surface area contributed by atoms with Crippen molar-refractivity contribution in [3.05, 3.63) is 113 Å². The van der Waals surface area contributed by atoms with Crippen LogP contribution in [0.5, 0.6) is 0 Å². The highest BCUT2D eigenvalue weighted by Gasteiger charge is 2.38. The third-order valence-corrected chi connectivity index (χ3v) is 6.60. The number of nitrogens with one attached hydrogen (secondary N) is 1. The van der Waals surface area contributed by atoms with E-state index in [2.05, 4.69) is 41.7 Å². The monoisotopic (exact) mass is 417 g/mol. The molecule has 0 aliphatic carbocycles. The molecule has 30 heavy (non-hydrogen) atoms. The van der Waals surface area contributed by atoms with E-state index in [1.165, 1.54) is 18.8 Å². The molecule has 0 saturated carbocycles. The van der Waals surface area contributed by atoms with Crippen LogP contribution in [-0.4, -0.2) is 35.9 Å². The highest BCUT2D eigenvalue weighted by Crippen LogP contribution is 2.48. The van der Waals surface area contributed by atoms with Gasteiger partial charge in [-0.05, 0) is 23.7 Å². The molecule has 0 aliphatic rings. The maximum atomic E-state index is 11.7. The Morgan fingerprint density at radius 2 is 1.30 bits per heavy atom. The standard InChI is InChI=1S/C25H23NO3S/c1-26-23(24(28)29)19(17-27)18-30-25(20-11-5-2-6-12-20,21-13-7-3-8-14-21)22-15-9-4-10-16-22/h2-16,23,26H,18H2,1H3,(H,28,29). The predicted octanol–water partition coefficient (Wildman–Crippen LogP) is 4.14. The van der Waals surface area contributed by atoms with Crippen LogP contribution in [-0.2, 0) is 14.3 Å². The summed E-state index contributed by atoms with van der Waals surface area (Å²) in [5.41, 5.74) is 3.32. The second kappa shape index (κ2) is 10.1. The second-order valence-electron chi connectivity index (χ2n) is 6.76. The average molecular weight is 418 g/mol. The van der Waals surface area contributed by atoms with Crippen LogP contribution in [0.15, 0.2) is 96.6 Å². The minimum Gasteiger partial charge on any atom is -0.480 e. The molecule has 5 heteroatoms. The Bertz CT molecular complexity index is 919.